The molecule has 4 heterocycles. The summed E-state index contributed by atoms with van der Waals surface area (Å²) in [5.74, 6) is 8.51. The van der Waals surface area contributed by atoms with Crippen molar-refractivity contribution < 1.29 is 24.5 Å². The second kappa shape index (κ2) is 17.0. The third kappa shape index (κ3) is 7.98. The Hall–Kier alpha value is -5.14. The van der Waals surface area contributed by atoms with Crippen molar-refractivity contribution in [2.45, 2.75) is 63.7 Å². The molecule has 7 heteroatoms. The molecule has 0 aliphatic rings. The van der Waals surface area contributed by atoms with Crippen LogP contribution < -0.4 is 4.40 Å². The molecule has 0 unspecified atom stereocenters. The van der Waals surface area contributed by atoms with E-state index in [0.717, 1.165) is 61.2 Å². The molecule has 293 valence electrons. The van der Waals surface area contributed by atoms with E-state index in [4.69, 9.17) is 9.40 Å². The van der Waals surface area contributed by atoms with E-state index in [2.05, 4.69) is 151 Å². The van der Waals surface area contributed by atoms with Gasteiger partial charge < -0.3 is 8.98 Å². The molecule has 9 rings (SSSR count). The molecular weight excluding hydrogens is 949 g/mol. The van der Waals surface area contributed by atoms with Gasteiger partial charge in [-0.15, -0.1) is 17.7 Å². The number of pyridine rings is 2. The predicted octanol–water partition coefficient (Wildman–Crippen LogP) is 13.1. The van der Waals surface area contributed by atoms with Gasteiger partial charge in [0.15, 0.2) is 0 Å². The monoisotopic (exact) mass is 999 g/mol. The van der Waals surface area contributed by atoms with E-state index >= 15 is 0 Å². The van der Waals surface area contributed by atoms with Crippen LogP contribution >= 0.6 is 0 Å². The standard InChI is InChI=1S/C37H32N3O.C14H16GeN.Ir/c1-22(2)29-19-26(25-11-7-6-8-12-25)20-30(23(3)4)35(29)40-32-21-38-18-17-31(32)39-37(40)28-16-15-24(5)34-27-13-9-10-14-33(27)41-36(28)34;1-15(2,3)13-9-10-14(16-11-13)12-7-5-4-6-8-12;/h6-15,17-23H,1-5H3;4-7,9-11H,1-3H3;/q2*-1;. The number of imidazole rings is 1. The van der Waals surface area contributed by atoms with Crippen molar-refractivity contribution in [2.75, 3.05) is 0 Å². The molecule has 1 radical (unpaired) electrons. The van der Waals surface area contributed by atoms with Gasteiger partial charge in [0.1, 0.15) is 5.58 Å². The minimum atomic E-state index is -1.72. The molecule has 0 aliphatic carbocycles. The summed E-state index contributed by atoms with van der Waals surface area (Å²) in [7, 11) is 0. The van der Waals surface area contributed by atoms with Gasteiger partial charge >= 0.3 is 99.8 Å². The third-order valence-corrected chi connectivity index (χ3v) is 14.9. The van der Waals surface area contributed by atoms with Crippen LogP contribution in [0.2, 0.25) is 17.3 Å². The largest absolute Gasteiger partial charge is 0 e. The number of aryl methyl sites for hydroxylation is 1. The Labute approximate surface area is 358 Å². The second-order valence-electron chi connectivity index (χ2n) is 16.4. The number of hydrogen-bond donors (Lipinski definition) is 0. The fourth-order valence-corrected chi connectivity index (χ4v) is 9.75. The first kappa shape index (κ1) is 41.0. The maximum atomic E-state index is 6.54. The number of furan rings is 1. The minimum Gasteiger partial charge on any atom is 0 e. The number of benzene rings is 5. The van der Waals surface area contributed by atoms with Crippen LogP contribution in [0.4, 0.5) is 0 Å². The van der Waals surface area contributed by atoms with Crippen LogP contribution in [0, 0.1) is 19.1 Å². The number of fused-ring (bicyclic) bond motifs is 4. The molecule has 0 saturated carbocycles. The average Bonchev–Trinajstić information content (AvgIpc) is 3.81. The zero-order valence-corrected chi connectivity index (χ0v) is 38.9. The smallest absolute Gasteiger partial charge is 0 e. The van der Waals surface area contributed by atoms with Crippen LogP contribution in [-0.4, -0.2) is 32.8 Å². The van der Waals surface area contributed by atoms with Gasteiger partial charge in [0.05, 0.1) is 28.6 Å². The molecule has 0 N–H and O–H groups in total. The molecule has 0 atom stereocenters. The van der Waals surface area contributed by atoms with Gasteiger partial charge in [-0.1, -0.05) is 94.1 Å². The number of rotatable bonds is 7. The van der Waals surface area contributed by atoms with Crippen LogP contribution in [0.1, 0.15) is 56.2 Å². The quantitative estimate of drug-likeness (QED) is 0.118. The fraction of sp³-hybridized carbons (Fsp3) is 0.196. The summed E-state index contributed by atoms with van der Waals surface area (Å²) < 4.78 is 10.3. The first-order valence-corrected chi connectivity index (χ1v) is 27.2. The van der Waals surface area contributed by atoms with Crippen LogP contribution in [0.15, 0.2) is 138 Å². The molecule has 5 aromatic carbocycles. The number of aromatic nitrogens is 4. The van der Waals surface area contributed by atoms with Gasteiger partial charge in [-0.2, -0.15) is 0 Å². The topological polar surface area (TPSA) is 56.7 Å². The first-order chi connectivity index (χ1) is 27.5. The van der Waals surface area contributed by atoms with Crippen molar-refractivity contribution in [3.05, 3.63) is 163 Å². The molecule has 0 amide bonds. The summed E-state index contributed by atoms with van der Waals surface area (Å²) in [6, 6.07) is 46.7. The normalized spacial score (nSPS) is 11.6. The van der Waals surface area contributed by atoms with Gasteiger partial charge in [0.2, 0.25) is 0 Å². The zero-order valence-electron chi connectivity index (χ0n) is 34.4. The molecule has 9 aromatic rings. The van der Waals surface area contributed by atoms with Gasteiger partial charge in [-0.25, -0.2) is 0 Å². The molecule has 4 aromatic heterocycles. The van der Waals surface area contributed by atoms with E-state index in [0.29, 0.717) is 0 Å². The van der Waals surface area contributed by atoms with E-state index in [-0.39, 0.29) is 31.9 Å². The van der Waals surface area contributed by atoms with Crippen molar-refractivity contribution in [3.8, 4) is 39.5 Å². The molecule has 0 fully saturated rings. The Morgan fingerprint density at radius 3 is 2.10 bits per heavy atom. The molecule has 5 nitrogen and oxygen atoms in total. The van der Waals surface area contributed by atoms with Gasteiger partial charge in [-0.05, 0) is 58.4 Å². The Morgan fingerprint density at radius 1 is 0.741 bits per heavy atom. The molecule has 0 aliphatic heterocycles. The van der Waals surface area contributed by atoms with Crippen molar-refractivity contribution in [2.24, 2.45) is 0 Å². The summed E-state index contributed by atoms with van der Waals surface area (Å²) >= 11 is -1.72. The molecule has 0 spiro atoms. The molecule has 0 bridgehead atoms. The summed E-state index contributed by atoms with van der Waals surface area (Å²) in [4.78, 5) is 14.3. The number of nitrogens with zero attached hydrogens (tertiary/aromatic N) is 4. The van der Waals surface area contributed by atoms with Crippen molar-refractivity contribution in [1.82, 2.24) is 19.5 Å². The van der Waals surface area contributed by atoms with E-state index in [1.807, 2.05) is 61.1 Å². The van der Waals surface area contributed by atoms with Crippen LogP contribution in [0.5, 0.6) is 0 Å². The van der Waals surface area contributed by atoms with Gasteiger partial charge in [0.25, 0.3) is 0 Å². The summed E-state index contributed by atoms with van der Waals surface area (Å²) in [5.41, 5.74) is 13.8. The predicted molar refractivity (Wildman–Crippen MR) is 240 cm³/mol. The Bertz CT molecular complexity index is 2810. The van der Waals surface area contributed by atoms with E-state index in [9.17, 15) is 0 Å². The Kier molecular flexibility index (Phi) is 12.0. The molecular formula is C51H48GeIrN4O-2. The van der Waals surface area contributed by atoms with Gasteiger partial charge in [0, 0.05) is 37.4 Å². The second-order valence-corrected chi connectivity index (χ2v) is 27.1. The minimum absolute atomic E-state index is 0. The van der Waals surface area contributed by atoms with Crippen LogP contribution in [0.3, 0.4) is 0 Å². The first-order valence-electron chi connectivity index (χ1n) is 19.8. The van der Waals surface area contributed by atoms with Crippen LogP contribution in [0.25, 0.3) is 72.4 Å². The SMILES string of the molecule is Cc1c[c-]c(-c2nc3ccncc3n2-c2c(C(C)C)cc(-c3ccccc3)cc2C(C)C)c2oc3ccccc3c12.[CH3][Ge]([CH3])([CH3])[c]1ccc(-c2[c-]cccc2)nc1.[Ir]. The van der Waals surface area contributed by atoms with Crippen molar-refractivity contribution in [1.29, 1.82) is 0 Å². The Balaban J connectivity index is 0.000000254. The summed E-state index contributed by atoms with van der Waals surface area (Å²) in [6.45, 7) is 11.2. The zero-order chi connectivity index (χ0) is 39.8. The van der Waals surface area contributed by atoms with Crippen molar-refractivity contribution in [3.63, 3.8) is 0 Å². The van der Waals surface area contributed by atoms with Gasteiger partial charge in [-0.3, -0.25) is 9.97 Å². The Morgan fingerprint density at radius 2 is 1.45 bits per heavy atom. The maximum Gasteiger partial charge on any atom is 0 e. The fourth-order valence-electron chi connectivity index (χ4n) is 7.58. The average molecular weight is 998 g/mol. The van der Waals surface area contributed by atoms with Crippen molar-refractivity contribution >= 4 is 50.6 Å². The number of para-hydroxylation sites is 1. The summed E-state index contributed by atoms with van der Waals surface area (Å²) in [5, 5.41) is 2.22. The molecule has 58 heavy (non-hydrogen) atoms. The summed E-state index contributed by atoms with van der Waals surface area (Å²) in [6.07, 6.45) is 5.77. The van der Waals surface area contributed by atoms with E-state index < -0.39 is 13.3 Å². The third-order valence-electron chi connectivity index (χ3n) is 10.7. The maximum absolute atomic E-state index is 6.54. The van der Waals surface area contributed by atoms with E-state index in [1.54, 1.807) is 0 Å². The van der Waals surface area contributed by atoms with Crippen LogP contribution in [-0.2, 0) is 20.1 Å². The molecule has 0 saturated heterocycles. The number of hydrogen-bond acceptors (Lipinski definition) is 4. The van der Waals surface area contributed by atoms with E-state index in [1.165, 1.54) is 32.3 Å².